The van der Waals surface area contributed by atoms with Crippen molar-refractivity contribution in [2.45, 2.75) is 37.5 Å². The van der Waals surface area contributed by atoms with E-state index >= 15 is 0 Å². The Kier molecular flexibility index (Phi) is 5.79. The number of benzene rings is 2. The van der Waals surface area contributed by atoms with Crippen molar-refractivity contribution in [1.82, 2.24) is 5.32 Å². The third kappa shape index (κ3) is 4.86. The molecular formula is C20H23FN2O3S. The molecule has 144 valence electrons. The third-order valence-electron chi connectivity index (χ3n) is 4.87. The summed E-state index contributed by atoms with van der Waals surface area (Å²) in [5.74, 6) is -0.0633. The molecule has 1 fully saturated rings. The summed E-state index contributed by atoms with van der Waals surface area (Å²) in [6, 6.07) is 9.87. The van der Waals surface area contributed by atoms with E-state index in [1.807, 2.05) is 0 Å². The summed E-state index contributed by atoms with van der Waals surface area (Å²) in [6.45, 7) is 2.18. The standard InChI is InChI=1S/C20H23FN2O3S/c1-14-12-18(10-11-19(14)21)27(25,26)23-17-8-6-16(7-9-17)20(24)22-13-15-4-2-3-5-15/h6-12,15,23H,2-5,13H2,1H3,(H,22,24). The van der Waals surface area contributed by atoms with Crippen molar-refractivity contribution in [1.29, 1.82) is 0 Å². The van der Waals surface area contributed by atoms with Crippen molar-refractivity contribution in [3.05, 3.63) is 59.4 Å². The number of nitrogens with one attached hydrogen (secondary N) is 2. The minimum Gasteiger partial charge on any atom is -0.352 e. The third-order valence-corrected chi connectivity index (χ3v) is 6.24. The molecule has 5 nitrogen and oxygen atoms in total. The zero-order valence-corrected chi connectivity index (χ0v) is 16.0. The number of carbonyl (C=O) groups is 1. The lowest BCUT2D eigenvalue weighted by Crippen LogP contribution is -2.28. The SMILES string of the molecule is Cc1cc(S(=O)(=O)Nc2ccc(C(=O)NCC3CCCC3)cc2)ccc1F. The van der Waals surface area contributed by atoms with Crippen LogP contribution in [0.2, 0.25) is 0 Å². The number of carbonyl (C=O) groups excluding carboxylic acids is 1. The lowest BCUT2D eigenvalue weighted by molar-refractivity contribution is 0.0947. The highest BCUT2D eigenvalue weighted by molar-refractivity contribution is 7.92. The number of halogens is 1. The van der Waals surface area contributed by atoms with Gasteiger partial charge in [-0.3, -0.25) is 9.52 Å². The molecule has 2 aromatic rings. The molecule has 0 unspecified atom stereocenters. The molecule has 2 N–H and O–H groups in total. The number of sulfonamides is 1. The van der Waals surface area contributed by atoms with Crippen molar-refractivity contribution in [2.75, 3.05) is 11.3 Å². The minimum atomic E-state index is -3.82. The van der Waals surface area contributed by atoms with Crippen molar-refractivity contribution < 1.29 is 17.6 Å². The van der Waals surface area contributed by atoms with Gasteiger partial charge in [0, 0.05) is 17.8 Å². The maximum atomic E-state index is 13.3. The highest BCUT2D eigenvalue weighted by Crippen LogP contribution is 2.24. The topological polar surface area (TPSA) is 75.3 Å². The zero-order valence-electron chi connectivity index (χ0n) is 15.2. The molecule has 0 atom stereocenters. The van der Waals surface area contributed by atoms with Crippen LogP contribution in [0, 0.1) is 18.7 Å². The number of aryl methyl sites for hydroxylation is 1. The van der Waals surface area contributed by atoms with Gasteiger partial charge in [0.15, 0.2) is 0 Å². The summed E-state index contributed by atoms with van der Waals surface area (Å²) in [6.07, 6.45) is 4.76. The van der Waals surface area contributed by atoms with E-state index in [0.717, 1.165) is 18.9 Å². The van der Waals surface area contributed by atoms with Crippen LogP contribution in [0.15, 0.2) is 47.4 Å². The minimum absolute atomic E-state index is 0.0141. The quantitative estimate of drug-likeness (QED) is 0.787. The van der Waals surface area contributed by atoms with Crippen molar-refractivity contribution >= 4 is 21.6 Å². The molecule has 1 aliphatic rings. The molecule has 1 aliphatic carbocycles. The number of hydrogen-bond acceptors (Lipinski definition) is 3. The molecule has 2 aromatic carbocycles. The first-order chi connectivity index (χ1) is 12.8. The van der Waals surface area contributed by atoms with E-state index in [2.05, 4.69) is 10.0 Å². The number of rotatable bonds is 6. The lowest BCUT2D eigenvalue weighted by atomic mass is 10.1. The predicted molar refractivity (Wildman–Crippen MR) is 103 cm³/mol. The highest BCUT2D eigenvalue weighted by Gasteiger charge is 2.17. The van der Waals surface area contributed by atoms with Gasteiger partial charge in [0.1, 0.15) is 5.82 Å². The summed E-state index contributed by atoms with van der Waals surface area (Å²) >= 11 is 0. The molecular weight excluding hydrogens is 367 g/mol. The smallest absolute Gasteiger partial charge is 0.261 e. The van der Waals surface area contributed by atoms with Gasteiger partial charge < -0.3 is 5.32 Å². The Bertz CT molecular complexity index is 921. The van der Waals surface area contributed by atoms with E-state index in [0.29, 0.717) is 23.7 Å². The number of amides is 1. The van der Waals surface area contributed by atoms with Crippen LogP contribution < -0.4 is 10.0 Å². The van der Waals surface area contributed by atoms with Crippen LogP contribution in [0.5, 0.6) is 0 Å². The molecule has 1 saturated carbocycles. The van der Waals surface area contributed by atoms with Gasteiger partial charge in [-0.25, -0.2) is 12.8 Å². The normalized spacial score (nSPS) is 14.9. The van der Waals surface area contributed by atoms with Gasteiger partial charge in [-0.1, -0.05) is 12.8 Å². The summed E-state index contributed by atoms with van der Waals surface area (Å²) in [5, 5.41) is 2.93. The predicted octanol–water partition coefficient (Wildman–Crippen LogP) is 3.85. The summed E-state index contributed by atoms with van der Waals surface area (Å²) in [4.78, 5) is 12.2. The van der Waals surface area contributed by atoms with E-state index in [1.54, 1.807) is 24.3 Å². The van der Waals surface area contributed by atoms with Gasteiger partial charge in [-0.15, -0.1) is 0 Å². The second-order valence-corrected chi connectivity index (χ2v) is 8.64. The van der Waals surface area contributed by atoms with E-state index in [-0.39, 0.29) is 16.4 Å². The Hall–Kier alpha value is -2.41. The summed E-state index contributed by atoms with van der Waals surface area (Å²) < 4.78 is 40.6. The average molecular weight is 390 g/mol. The van der Waals surface area contributed by atoms with Crippen LogP contribution >= 0.6 is 0 Å². The summed E-state index contributed by atoms with van der Waals surface area (Å²) in [7, 11) is -3.82. The molecule has 0 spiro atoms. The zero-order chi connectivity index (χ0) is 19.4. The molecule has 1 amide bonds. The Balaban J connectivity index is 1.64. The monoisotopic (exact) mass is 390 g/mol. The maximum absolute atomic E-state index is 13.3. The van der Waals surface area contributed by atoms with Crippen LogP contribution in [0.3, 0.4) is 0 Å². The van der Waals surface area contributed by atoms with Gasteiger partial charge in [-0.05, 0) is 73.7 Å². The fraction of sp³-hybridized carbons (Fsp3) is 0.350. The van der Waals surface area contributed by atoms with Gasteiger partial charge >= 0.3 is 0 Å². The van der Waals surface area contributed by atoms with Crippen LogP contribution in [-0.4, -0.2) is 20.9 Å². The molecule has 0 heterocycles. The maximum Gasteiger partial charge on any atom is 0.261 e. The second-order valence-electron chi connectivity index (χ2n) is 6.95. The highest BCUT2D eigenvalue weighted by atomic mass is 32.2. The first-order valence-electron chi connectivity index (χ1n) is 9.02. The largest absolute Gasteiger partial charge is 0.352 e. The summed E-state index contributed by atoms with van der Waals surface area (Å²) in [5.41, 5.74) is 1.07. The molecule has 0 aliphatic heterocycles. The van der Waals surface area contributed by atoms with Gasteiger partial charge in [-0.2, -0.15) is 0 Å². The van der Waals surface area contributed by atoms with Crippen LogP contribution in [0.4, 0.5) is 10.1 Å². The van der Waals surface area contributed by atoms with E-state index in [9.17, 15) is 17.6 Å². The van der Waals surface area contributed by atoms with E-state index in [4.69, 9.17) is 0 Å². The van der Waals surface area contributed by atoms with E-state index < -0.39 is 15.8 Å². The molecule has 0 radical (unpaired) electrons. The molecule has 0 bridgehead atoms. The van der Waals surface area contributed by atoms with Crippen LogP contribution in [-0.2, 0) is 10.0 Å². The fourth-order valence-corrected chi connectivity index (χ4v) is 4.38. The Labute approximate surface area is 159 Å². The molecule has 0 saturated heterocycles. The van der Waals surface area contributed by atoms with Gasteiger partial charge in [0.25, 0.3) is 15.9 Å². The first-order valence-corrected chi connectivity index (χ1v) is 10.5. The van der Waals surface area contributed by atoms with E-state index in [1.165, 1.54) is 31.9 Å². The lowest BCUT2D eigenvalue weighted by Gasteiger charge is -2.12. The Morgan fingerprint density at radius 1 is 1.11 bits per heavy atom. The Morgan fingerprint density at radius 2 is 1.78 bits per heavy atom. The first kappa shape index (κ1) is 19.4. The molecule has 27 heavy (non-hydrogen) atoms. The average Bonchev–Trinajstić information content (AvgIpc) is 3.16. The van der Waals surface area contributed by atoms with Gasteiger partial charge in [0.2, 0.25) is 0 Å². The van der Waals surface area contributed by atoms with Crippen LogP contribution in [0.25, 0.3) is 0 Å². The number of anilines is 1. The van der Waals surface area contributed by atoms with Crippen molar-refractivity contribution in [2.24, 2.45) is 5.92 Å². The van der Waals surface area contributed by atoms with Crippen molar-refractivity contribution in [3.63, 3.8) is 0 Å². The molecule has 3 rings (SSSR count). The molecule has 7 heteroatoms. The fourth-order valence-electron chi connectivity index (χ4n) is 3.24. The van der Waals surface area contributed by atoms with Crippen LogP contribution in [0.1, 0.15) is 41.6 Å². The number of hydrogen-bond donors (Lipinski definition) is 2. The Morgan fingerprint density at radius 3 is 2.41 bits per heavy atom. The van der Waals surface area contributed by atoms with Gasteiger partial charge in [0.05, 0.1) is 4.90 Å². The van der Waals surface area contributed by atoms with Crippen molar-refractivity contribution in [3.8, 4) is 0 Å². The second kappa shape index (κ2) is 8.08. The molecule has 0 aromatic heterocycles.